The molecule has 4 heteroatoms. The maximum absolute atomic E-state index is 6.11. The fourth-order valence-corrected chi connectivity index (χ4v) is 2.62. The van der Waals surface area contributed by atoms with E-state index < -0.39 is 0 Å². The second-order valence-electron chi connectivity index (χ2n) is 4.18. The molecule has 1 aromatic rings. The highest BCUT2D eigenvalue weighted by atomic mass is 79.9. The van der Waals surface area contributed by atoms with Gasteiger partial charge >= 0.3 is 0 Å². The monoisotopic (exact) mass is 273 g/mol. The zero-order valence-electron chi connectivity index (χ0n) is 8.83. The minimum absolute atomic E-state index is 0.00829. The summed E-state index contributed by atoms with van der Waals surface area (Å²) < 4.78 is 11.8. The largest absolute Gasteiger partial charge is 0.466 e. The average molecular weight is 274 g/mol. The van der Waals surface area contributed by atoms with E-state index in [-0.39, 0.29) is 11.6 Å². The molecule has 2 N–H and O–H groups in total. The highest BCUT2D eigenvalue weighted by Crippen LogP contribution is 2.42. The van der Waals surface area contributed by atoms with Crippen LogP contribution >= 0.6 is 15.9 Å². The highest BCUT2D eigenvalue weighted by molar-refractivity contribution is 9.10. The number of ether oxygens (including phenoxy) is 1. The molecule has 84 valence electrons. The Hall–Kier alpha value is -0.320. The molecular weight excluding hydrogens is 258 g/mol. The van der Waals surface area contributed by atoms with Crippen molar-refractivity contribution in [1.29, 1.82) is 0 Å². The van der Waals surface area contributed by atoms with Gasteiger partial charge in [0.2, 0.25) is 0 Å². The van der Waals surface area contributed by atoms with Crippen LogP contribution in [0.1, 0.15) is 37.5 Å². The van der Waals surface area contributed by atoms with E-state index in [0.29, 0.717) is 0 Å². The maximum Gasteiger partial charge on any atom is 0.134 e. The van der Waals surface area contributed by atoms with Crippen molar-refractivity contribution in [2.75, 3.05) is 7.11 Å². The van der Waals surface area contributed by atoms with Crippen LogP contribution in [0.15, 0.2) is 21.2 Å². The SMILES string of the molecule is COC1(CC(N)c2occc2Br)CCC1. The molecule has 0 spiro atoms. The summed E-state index contributed by atoms with van der Waals surface area (Å²) in [6, 6.07) is 1.78. The molecule has 1 aromatic heterocycles. The van der Waals surface area contributed by atoms with Crippen LogP contribution in [0.25, 0.3) is 0 Å². The fourth-order valence-electron chi connectivity index (χ4n) is 2.13. The number of rotatable bonds is 4. The Balaban J connectivity index is 2.03. The maximum atomic E-state index is 6.11. The van der Waals surface area contributed by atoms with E-state index in [1.807, 2.05) is 6.07 Å². The smallest absolute Gasteiger partial charge is 0.134 e. The van der Waals surface area contributed by atoms with Crippen molar-refractivity contribution < 1.29 is 9.15 Å². The zero-order valence-corrected chi connectivity index (χ0v) is 10.4. The minimum atomic E-state index is -0.0883. The van der Waals surface area contributed by atoms with Gasteiger partial charge in [0.25, 0.3) is 0 Å². The van der Waals surface area contributed by atoms with Gasteiger partial charge in [-0.15, -0.1) is 0 Å². The van der Waals surface area contributed by atoms with Crippen molar-refractivity contribution in [1.82, 2.24) is 0 Å². The Bertz CT molecular complexity index is 328. The normalized spacial score (nSPS) is 21.0. The number of methoxy groups -OCH3 is 1. The van der Waals surface area contributed by atoms with Gasteiger partial charge in [0.05, 0.1) is 22.4 Å². The molecule has 0 aromatic carbocycles. The van der Waals surface area contributed by atoms with E-state index in [0.717, 1.165) is 29.5 Å². The quantitative estimate of drug-likeness (QED) is 0.918. The molecule has 1 atom stereocenters. The first-order valence-electron chi connectivity index (χ1n) is 5.20. The summed E-state index contributed by atoms with van der Waals surface area (Å²) in [6.45, 7) is 0. The molecule has 15 heavy (non-hydrogen) atoms. The van der Waals surface area contributed by atoms with Crippen molar-refractivity contribution in [2.24, 2.45) is 5.73 Å². The molecule has 1 heterocycles. The van der Waals surface area contributed by atoms with Crippen LogP contribution in [0.3, 0.4) is 0 Å². The number of nitrogens with two attached hydrogens (primary N) is 1. The molecular formula is C11H16BrNO2. The van der Waals surface area contributed by atoms with Crippen molar-refractivity contribution in [3.63, 3.8) is 0 Å². The predicted molar refractivity (Wildman–Crippen MR) is 61.5 cm³/mol. The van der Waals surface area contributed by atoms with E-state index >= 15 is 0 Å². The number of furan rings is 1. The summed E-state index contributed by atoms with van der Waals surface area (Å²) in [5.41, 5.74) is 6.10. The van der Waals surface area contributed by atoms with Gasteiger partial charge < -0.3 is 14.9 Å². The summed E-state index contributed by atoms with van der Waals surface area (Å²) in [4.78, 5) is 0. The van der Waals surface area contributed by atoms with Crippen LogP contribution in [-0.4, -0.2) is 12.7 Å². The van der Waals surface area contributed by atoms with E-state index in [2.05, 4.69) is 15.9 Å². The second-order valence-corrected chi connectivity index (χ2v) is 5.04. The van der Waals surface area contributed by atoms with Crippen LogP contribution in [0, 0.1) is 0 Å². The third kappa shape index (κ3) is 2.12. The van der Waals surface area contributed by atoms with Crippen LogP contribution in [-0.2, 0) is 4.74 Å². The number of hydrogen-bond acceptors (Lipinski definition) is 3. The molecule has 0 bridgehead atoms. The Morgan fingerprint density at radius 1 is 1.67 bits per heavy atom. The van der Waals surface area contributed by atoms with Crippen LogP contribution in [0.4, 0.5) is 0 Å². The van der Waals surface area contributed by atoms with Gasteiger partial charge in [-0.25, -0.2) is 0 Å². The van der Waals surface area contributed by atoms with E-state index in [4.69, 9.17) is 14.9 Å². The molecule has 1 unspecified atom stereocenters. The van der Waals surface area contributed by atoms with Gasteiger partial charge in [-0.3, -0.25) is 0 Å². The lowest BCUT2D eigenvalue weighted by Crippen LogP contribution is -2.41. The van der Waals surface area contributed by atoms with Crippen molar-refractivity contribution >= 4 is 15.9 Å². The van der Waals surface area contributed by atoms with Crippen molar-refractivity contribution in [3.8, 4) is 0 Å². The van der Waals surface area contributed by atoms with Crippen LogP contribution < -0.4 is 5.73 Å². The van der Waals surface area contributed by atoms with Gasteiger partial charge in [0, 0.05) is 7.11 Å². The summed E-state index contributed by atoms with van der Waals surface area (Å²) in [5, 5.41) is 0. The third-order valence-corrected chi connectivity index (χ3v) is 3.93. The van der Waals surface area contributed by atoms with Gasteiger partial charge in [-0.05, 0) is 47.7 Å². The van der Waals surface area contributed by atoms with Gasteiger partial charge in [0.15, 0.2) is 0 Å². The molecule has 2 rings (SSSR count). The van der Waals surface area contributed by atoms with E-state index in [1.165, 1.54) is 6.42 Å². The van der Waals surface area contributed by atoms with Crippen LogP contribution in [0.5, 0.6) is 0 Å². The first kappa shape index (κ1) is 11.2. The molecule has 0 radical (unpaired) electrons. The molecule has 3 nitrogen and oxygen atoms in total. The van der Waals surface area contributed by atoms with Crippen LogP contribution in [0.2, 0.25) is 0 Å². The van der Waals surface area contributed by atoms with E-state index in [9.17, 15) is 0 Å². The highest BCUT2D eigenvalue weighted by Gasteiger charge is 2.39. The first-order valence-corrected chi connectivity index (χ1v) is 6.00. The van der Waals surface area contributed by atoms with Crippen molar-refractivity contribution in [2.45, 2.75) is 37.3 Å². The van der Waals surface area contributed by atoms with Crippen molar-refractivity contribution in [3.05, 3.63) is 22.6 Å². The van der Waals surface area contributed by atoms with Gasteiger partial charge in [0.1, 0.15) is 5.76 Å². The Kier molecular flexibility index (Phi) is 3.19. The Labute approximate surface area is 98.1 Å². The lowest BCUT2D eigenvalue weighted by molar-refractivity contribution is -0.0826. The second kappa shape index (κ2) is 4.28. The predicted octanol–water partition coefficient (Wildman–Crippen LogP) is 3.00. The summed E-state index contributed by atoms with van der Waals surface area (Å²) >= 11 is 3.42. The zero-order chi connectivity index (χ0) is 10.9. The summed E-state index contributed by atoms with van der Waals surface area (Å²) in [5.74, 6) is 0.818. The first-order chi connectivity index (χ1) is 7.17. The topological polar surface area (TPSA) is 48.4 Å². The molecule has 1 saturated carbocycles. The molecule has 1 fully saturated rings. The molecule has 0 amide bonds. The average Bonchev–Trinajstić information content (AvgIpc) is 2.58. The number of halogens is 1. The minimum Gasteiger partial charge on any atom is -0.466 e. The summed E-state index contributed by atoms with van der Waals surface area (Å²) in [6.07, 6.45) is 5.93. The third-order valence-electron chi connectivity index (χ3n) is 3.27. The number of hydrogen-bond donors (Lipinski definition) is 1. The lowest BCUT2D eigenvalue weighted by atomic mass is 9.75. The van der Waals surface area contributed by atoms with E-state index in [1.54, 1.807) is 13.4 Å². The summed E-state index contributed by atoms with van der Waals surface area (Å²) in [7, 11) is 1.77. The van der Waals surface area contributed by atoms with Gasteiger partial charge in [-0.2, -0.15) is 0 Å². The lowest BCUT2D eigenvalue weighted by Gasteiger charge is -2.41. The molecule has 1 aliphatic rings. The molecule has 0 aliphatic heterocycles. The fraction of sp³-hybridized carbons (Fsp3) is 0.636. The molecule has 0 saturated heterocycles. The van der Waals surface area contributed by atoms with Gasteiger partial charge in [-0.1, -0.05) is 0 Å². The Morgan fingerprint density at radius 3 is 2.80 bits per heavy atom. The molecule has 1 aliphatic carbocycles. The Morgan fingerprint density at radius 2 is 2.40 bits per heavy atom. The standard InChI is InChI=1S/C11H16BrNO2/c1-14-11(4-2-5-11)7-9(13)10-8(12)3-6-15-10/h3,6,9H,2,4-5,7,13H2,1H3.